The molecule has 17 heavy (non-hydrogen) atoms. The molecule has 0 spiro atoms. The third-order valence-corrected chi connectivity index (χ3v) is 2.29. The molecule has 0 aliphatic carbocycles. The number of rotatable bonds is 2. The van der Waals surface area contributed by atoms with Gasteiger partial charge in [-0.15, -0.1) is 5.10 Å². The van der Waals surface area contributed by atoms with Crippen molar-refractivity contribution in [2.75, 3.05) is 13.7 Å². The van der Waals surface area contributed by atoms with Crippen LogP contribution >= 0.6 is 0 Å². The molecule has 2 rings (SSSR count). The molecule has 1 aromatic heterocycles. The highest BCUT2D eigenvalue weighted by Gasteiger charge is 2.23. The van der Waals surface area contributed by atoms with Crippen molar-refractivity contribution in [1.29, 1.82) is 0 Å². The van der Waals surface area contributed by atoms with Crippen LogP contribution < -0.4 is 5.73 Å². The van der Waals surface area contributed by atoms with Gasteiger partial charge in [0.1, 0.15) is 5.69 Å². The van der Waals surface area contributed by atoms with E-state index < -0.39 is 0 Å². The fourth-order valence-corrected chi connectivity index (χ4v) is 1.41. The van der Waals surface area contributed by atoms with E-state index in [-0.39, 0.29) is 24.5 Å². The lowest BCUT2D eigenvalue weighted by Crippen LogP contribution is -2.35. The first-order chi connectivity index (χ1) is 8.09. The summed E-state index contributed by atoms with van der Waals surface area (Å²) in [5.41, 5.74) is 6.86. The molecule has 7 nitrogen and oxygen atoms in total. The Kier molecular flexibility index (Phi) is 3.01. The van der Waals surface area contributed by atoms with E-state index in [1.54, 1.807) is 20.2 Å². The maximum atomic E-state index is 11.2. The molecule has 1 aliphatic heterocycles. The summed E-state index contributed by atoms with van der Waals surface area (Å²) in [6, 6.07) is -0.284. The average Bonchev–Trinajstić information content (AvgIpc) is 2.32. The third kappa shape index (κ3) is 2.23. The highest BCUT2D eigenvalue weighted by atomic mass is 16.5. The molecule has 1 aliphatic rings. The van der Waals surface area contributed by atoms with Gasteiger partial charge < -0.3 is 10.5 Å². The number of nitrogens with two attached hydrogens (primary N) is 1. The molecule has 90 valence electrons. The lowest BCUT2D eigenvalue weighted by Gasteiger charge is -2.21. The molecule has 7 heteroatoms. The molecule has 0 bridgehead atoms. The Labute approximate surface area is 98.3 Å². The Balaban J connectivity index is 2.41. The number of carbonyl (C=O) groups is 1. The molecule has 1 amide bonds. The highest BCUT2D eigenvalue weighted by molar-refractivity contribution is 5.97. The summed E-state index contributed by atoms with van der Waals surface area (Å²) in [6.45, 7) is 1.75. The zero-order valence-corrected chi connectivity index (χ0v) is 9.62. The molecule has 2 heterocycles. The van der Waals surface area contributed by atoms with E-state index in [1.807, 2.05) is 0 Å². The van der Waals surface area contributed by atoms with Gasteiger partial charge in [0.05, 0.1) is 5.69 Å². The minimum atomic E-state index is -0.284. The molecule has 0 unspecified atom stereocenters. The molecule has 0 radical (unpaired) electrons. The second-order valence-corrected chi connectivity index (χ2v) is 3.69. The van der Waals surface area contributed by atoms with Gasteiger partial charge in [0.15, 0.2) is 6.61 Å². The monoisotopic (exact) mass is 235 g/mol. The van der Waals surface area contributed by atoms with Crippen LogP contribution in [0.2, 0.25) is 0 Å². The van der Waals surface area contributed by atoms with Crippen LogP contribution in [-0.2, 0) is 9.53 Å². The van der Waals surface area contributed by atoms with Crippen molar-refractivity contribution >= 4 is 11.8 Å². The molecule has 0 aromatic carbocycles. The van der Waals surface area contributed by atoms with E-state index in [4.69, 9.17) is 10.5 Å². The Morgan fingerprint density at radius 3 is 2.82 bits per heavy atom. The summed E-state index contributed by atoms with van der Waals surface area (Å²) < 4.78 is 5.24. The standard InChI is InChI=1S/C10H13N5O2/c1-6(11)8-9(13-4-3-12-8)10-14-15(2)7(16)5-17-10/h3-4,6H,5,11H2,1-2H3/t6-/m0/s1. The molecule has 0 saturated heterocycles. The van der Waals surface area contributed by atoms with Gasteiger partial charge in [0, 0.05) is 25.5 Å². The smallest absolute Gasteiger partial charge is 0.280 e. The van der Waals surface area contributed by atoms with E-state index in [9.17, 15) is 4.79 Å². The van der Waals surface area contributed by atoms with Gasteiger partial charge in [0.2, 0.25) is 0 Å². The first-order valence-corrected chi connectivity index (χ1v) is 5.14. The summed E-state index contributed by atoms with van der Waals surface area (Å²) in [5.74, 6) is 0.0625. The fraction of sp³-hybridized carbons (Fsp3) is 0.400. The van der Waals surface area contributed by atoms with Gasteiger partial charge in [-0.05, 0) is 6.92 Å². The van der Waals surface area contributed by atoms with Crippen LogP contribution in [0.4, 0.5) is 0 Å². The minimum Gasteiger partial charge on any atom is -0.465 e. The second-order valence-electron chi connectivity index (χ2n) is 3.69. The Bertz CT molecular complexity index is 472. The largest absolute Gasteiger partial charge is 0.465 e. The zero-order chi connectivity index (χ0) is 12.4. The van der Waals surface area contributed by atoms with Gasteiger partial charge in [-0.3, -0.25) is 9.78 Å². The summed E-state index contributed by atoms with van der Waals surface area (Å²) in [5, 5.41) is 5.22. The number of carbonyl (C=O) groups excluding carboxylic acids is 1. The van der Waals surface area contributed by atoms with E-state index in [0.717, 1.165) is 0 Å². The normalized spacial score (nSPS) is 17.5. The summed E-state index contributed by atoms with van der Waals surface area (Å²) in [4.78, 5) is 19.5. The van der Waals surface area contributed by atoms with Crippen LogP contribution in [0.5, 0.6) is 0 Å². The van der Waals surface area contributed by atoms with Crippen molar-refractivity contribution in [3.05, 3.63) is 23.8 Å². The first kappa shape index (κ1) is 11.5. The van der Waals surface area contributed by atoms with Crippen molar-refractivity contribution < 1.29 is 9.53 Å². The van der Waals surface area contributed by atoms with Crippen molar-refractivity contribution in [2.45, 2.75) is 13.0 Å². The van der Waals surface area contributed by atoms with Crippen LogP contribution in [-0.4, -0.2) is 40.4 Å². The number of hydrogen-bond acceptors (Lipinski definition) is 6. The maximum absolute atomic E-state index is 11.2. The van der Waals surface area contributed by atoms with Gasteiger partial charge in [-0.2, -0.15) is 0 Å². The van der Waals surface area contributed by atoms with E-state index >= 15 is 0 Å². The molecule has 1 aromatic rings. The van der Waals surface area contributed by atoms with Crippen molar-refractivity contribution in [3.8, 4) is 0 Å². The summed E-state index contributed by atoms with van der Waals surface area (Å²) in [6.07, 6.45) is 3.09. The van der Waals surface area contributed by atoms with Gasteiger partial charge >= 0.3 is 0 Å². The summed E-state index contributed by atoms with van der Waals surface area (Å²) >= 11 is 0. The SMILES string of the molecule is C[C@H](N)c1nccnc1C1=NN(C)C(=O)CO1. The fourth-order valence-electron chi connectivity index (χ4n) is 1.41. The Hall–Kier alpha value is -2.02. The number of ether oxygens (including phenoxy) is 1. The average molecular weight is 235 g/mol. The molecule has 0 saturated carbocycles. The number of hydrogen-bond donors (Lipinski definition) is 1. The Morgan fingerprint density at radius 2 is 2.18 bits per heavy atom. The second kappa shape index (κ2) is 4.46. The third-order valence-electron chi connectivity index (χ3n) is 2.29. The quantitative estimate of drug-likeness (QED) is 0.756. The maximum Gasteiger partial charge on any atom is 0.280 e. The van der Waals surface area contributed by atoms with E-state index in [2.05, 4.69) is 15.1 Å². The van der Waals surface area contributed by atoms with Crippen LogP contribution in [0, 0.1) is 0 Å². The first-order valence-electron chi connectivity index (χ1n) is 5.14. The molecular weight excluding hydrogens is 222 g/mol. The van der Waals surface area contributed by atoms with E-state index in [1.165, 1.54) is 11.2 Å². The van der Waals surface area contributed by atoms with Crippen molar-refractivity contribution in [3.63, 3.8) is 0 Å². The number of aromatic nitrogens is 2. The predicted octanol–water partition coefficient (Wildman–Crippen LogP) is -0.353. The zero-order valence-electron chi connectivity index (χ0n) is 9.62. The van der Waals surface area contributed by atoms with Gasteiger partial charge in [0.25, 0.3) is 11.8 Å². The number of nitrogens with zero attached hydrogens (tertiary/aromatic N) is 4. The van der Waals surface area contributed by atoms with Gasteiger partial charge in [-0.25, -0.2) is 9.99 Å². The lowest BCUT2D eigenvalue weighted by molar-refractivity contribution is -0.134. The molecular formula is C10H13N5O2. The van der Waals surface area contributed by atoms with Crippen LogP contribution in [0.1, 0.15) is 24.4 Å². The topological polar surface area (TPSA) is 93.7 Å². The lowest BCUT2D eigenvalue weighted by atomic mass is 10.2. The van der Waals surface area contributed by atoms with E-state index in [0.29, 0.717) is 11.4 Å². The van der Waals surface area contributed by atoms with Gasteiger partial charge in [-0.1, -0.05) is 0 Å². The number of amides is 1. The summed E-state index contributed by atoms with van der Waals surface area (Å²) in [7, 11) is 1.56. The minimum absolute atomic E-state index is 0.0513. The van der Waals surface area contributed by atoms with Crippen molar-refractivity contribution in [1.82, 2.24) is 15.0 Å². The van der Waals surface area contributed by atoms with Crippen LogP contribution in [0.15, 0.2) is 17.5 Å². The van der Waals surface area contributed by atoms with Crippen molar-refractivity contribution in [2.24, 2.45) is 10.8 Å². The number of likely N-dealkylation sites (N-methyl/N-ethyl adjacent to an activating group) is 1. The van der Waals surface area contributed by atoms with Crippen LogP contribution in [0.25, 0.3) is 0 Å². The molecule has 1 atom stereocenters. The highest BCUT2D eigenvalue weighted by Crippen LogP contribution is 2.14. The predicted molar refractivity (Wildman–Crippen MR) is 59.9 cm³/mol. The Morgan fingerprint density at radius 1 is 1.47 bits per heavy atom. The number of hydrazone groups is 1. The van der Waals surface area contributed by atoms with Crippen LogP contribution in [0.3, 0.4) is 0 Å². The molecule has 2 N–H and O–H groups in total. The molecule has 0 fully saturated rings.